The lowest BCUT2D eigenvalue weighted by Crippen LogP contribution is -2.32. The van der Waals surface area contributed by atoms with Gasteiger partial charge in [-0.05, 0) is 25.7 Å². The van der Waals surface area contributed by atoms with Crippen LogP contribution < -0.4 is 10.9 Å². The largest absolute Gasteiger partial charge is 0.312 e. The Morgan fingerprint density at radius 3 is 2.76 bits per heavy atom. The number of nitrogens with zero attached hydrogens (tertiary/aromatic N) is 2. The van der Waals surface area contributed by atoms with E-state index in [1.165, 1.54) is 25.1 Å². The number of nitrogens with one attached hydrogen (secondary N) is 1. The van der Waals surface area contributed by atoms with Crippen LogP contribution >= 0.6 is 0 Å². The molecule has 17 heavy (non-hydrogen) atoms. The molecule has 0 fully saturated rings. The van der Waals surface area contributed by atoms with Crippen molar-refractivity contribution in [2.75, 3.05) is 6.54 Å². The molecule has 0 amide bonds. The van der Waals surface area contributed by atoms with Crippen LogP contribution in [0.4, 0.5) is 0 Å². The molecule has 4 nitrogen and oxygen atoms in total. The molecule has 1 aromatic heterocycles. The second-order valence-corrected chi connectivity index (χ2v) is 4.94. The van der Waals surface area contributed by atoms with E-state index in [4.69, 9.17) is 0 Å². The van der Waals surface area contributed by atoms with Crippen molar-refractivity contribution in [1.29, 1.82) is 0 Å². The molecule has 0 aliphatic heterocycles. The summed E-state index contributed by atoms with van der Waals surface area (Å²) in [6.45, 7) is 8.15. The molecule has 1 aromatic rings. The molecule has 0 bridgehead atoms. The maximum absolute atomic E-state index is 11.4. The van der Waals surface area contributed by atoms with Crippen molar-refractivity contribution >= 4 is 0 Å². The Labute approximate surface area is 103 Å². The monoisotopic (exact) mass is 237 g/mol. The van der Waals surface area contributed by atoms with Crippen molar-refractivity contribution in [3.63, 3.8) is 0 Å². The second-order valence-electron chi connectivity index (χ2n) is 4.94. The van der Waals surface area contributed by atoms with Gasteiger partial charge in [-0.25, -0.2) is 4.98 Å². The normalized spacial score (nSPS) is 12.9. The van der Waals surface area contributed by atoms with Gasteiger partial charge in [-0.1, -0.05) is 13.8 Å². The van der Waals surface area contributed by atoms with Gasteiger partial charge in [-0.15, -0.1) is 0 Å². The number of hydrogen-bond donors (Lipinski definition) is 1. The minimum absolute atomic E-state index is 0.0108. The molecule has 1 unspecified atom stereocenters. The molecule has 4 heteroatoms. The van der Waals surface area contributed by atoms with Gasteiger partial charge in [0, 0.05) is 31.4 Å². The van der Waals surface area contributed by atoms with E-state index in [1.54, 1.807) is 10.9 Å². The second kappa shape index (κ2) is 7.22. The Hall–Kier alpha value is -1.16. The van der Waals surface area contributed by atoms with E-state index in [-0.39, 0.29) is 5.56 Å². The SMILES string of the molecule is CC(C)CCC(C)NCCn1cnccc1=O. The Morgan fingerprint density at radius 1 is 1.35 bits per heavy atom. The van der Waals surface area contributed by atoms with Crippen LogP contribution in [0.3, 0.4) is 0 Å². The fraction of sp³-hybridized carbons (Fsp3) is 0.692. The first-order valence-electron chi connectivity index (χ1n) is 6.33. The fourth-order valence-corrected chi connectivity index (χ4v) is 1.66. The maximum Gasteiger partial charge on any atom is 0.253 e. The standard InChI is InChI=1S/C13H23N3O/c1-11(2)4-5-12(3)15-8-9-16-10-14-7-6-13(16)17/h6-7,10-12,15H,4-5,8-9H2,1-3H3. The zero-order chi connectivity index (χ0) is 12.7. The van der Waals surface area contributed by atoms with Crippen LogP contribution in [0.25, 0.3) is 0 Å². The molecule has 0 aliphatic carbocycles. The number of rotatable bonds is 7. The molecular formula is C13H23N3O. The van der Waals surface area contributed by atoms with E-state index in [9.17, 15) is 4.79 Å². The van der Waals surface area contributed by atoms with Gasteiger partial charge in [0.1, 0.15) is 0 Å². The summed E-state index contributed by atoms with van der Waals surface area (Å²) < 4.78 is 1.63. The lowest BCUT2D eigenvalue weighted by atomic mass is 10.0. The van der Waals surface area contributed by atoms with Crippen molar-refractivity contribution in [2.45, 2.75) is 46.2 Å². The average Bonchev–Trinajstić information content (AvgIpc) is 2.29. The smallest absolute Gasteiger partial charge is 0.253 e. The summed E-state index contributed by atoms with van der Waals surface area (Å²) >= 11 is 0. The Morgan fingerprint density at radius 2 is 2.12 bits per heavy atom. The van der Waals surface area contributed by atoms with Crippen LogP contribution in [0.2, 0.25) is 0 Å². The fourth-order valence-electron chi connectivity index (χ4n) is 1.66. The third kappa shape index (κ3) is 5.63. The highest BCUT2D eigenvalue weighted by Crippen LogP contribution is 2.05. The van der Waals surface area contributed by atoms with Crippen molar-refractivity contribution in [1.82, 2.24) is 14.9 Å². The molecule has 0 spiro atoms. The predicted molar refractivity (Wildman–Crippen MR) is 70.0 cm³/mol. The quantitative estimate of drug-likeness (QED) is 0.784. The van der Waals surface area contributed by atoms with Gasteiger partial charge in [0.2, 0.25) is 0 Å². The molecule has 0 saturated carbocycles. The minimum atomic E-state index is 0.0108. The van der Waals surface area contributed by atoms with Crippen LogP contribution in [0.15, 0.2) is 23.4 Å². The van der Waals surface area contributed by atoms with E-state index < -0.39 is 0 Å². The highest BCUT2D eigenvalue weighted by molar-refractivity contribution is 4.82. The van der Waals surface area contributed by atoms with E-state index >= 15 is 0 Å². The van der Waals surface area contributed by atoms with Crippen molar-refractivity contribution < 1.29 is 0 Å². The molecule has 1 atom stereocenters. The lowest BCUT2D eigenvalue weighted by Gasteiger charge is -2.15. The number of aromatic nitrogens is 2. The minimum Gasteiger partial charge on any atom is -0.312 e. The van der Waals surface area contributed by atoms with Crippen molar-refractivity contribution in [2.24, 2.45) is 5.92 Å². The summed E-state index contributed by atoms with van der Waals surface area (Å²) in [6, 6.07) is 1.99. The Kier molecular flexibility index (Phi) is 5.91. The molecule has 0 aromatic carbocycles. The first kappa shape index (κ1) is 13.9. The van der Waals surface area contributed by atoms with Gasteiger partial charge in [-0.3, -0.25) is 9.36 Å². The van der Waals surface area contributed by atoms with Gasteiger partial charge in [0.05, 0.1) is 6.33 Å². The predicted octanol–water partition coefficient (Wildman–Crippen LogP) is 1.66. The van der Waals surface area contributed by atoms with Crippen molar-refractivity contribution in [3.8, 4) is 0 Å². The first-order valence-corrected chi connectivity index (χ1v) is 6.33. The van der Waals surface area contributed by atoms with Crippen LogP contribution in [-0.4, -0.2) is 22.1 Å². The van der Waals surface area contributed by atoms with E-state index in [2.05, 4.69) is 31.1 Å². The van der Waals surface area contributed by atoms with Gasteiger partial charge in [0.25, 0.3) is 5.56 Å². The Bertz CT molecular complexity index is 373. The average molecular weight is 237 g/mol. The zero-order valence-electron chi connectivity index (χ0n) is 11.0. The summed E-state index contributed by atoms with van der Waals surface area (Å²) in [5, 5.41) is 3.43. The highest BCUT2D eigenvalue weighted by Gasteiger charge is 2.03. The molecule has 1 heterocycles. The summed E-state index contributed by atoms with van der Waals surface area (Å²) in [5.41, 5.74) is 0.0108. The summed E-state index contributed by atoms with van der Waals surface area (Å²) in [7, 11) is 0. The molecule has 0 radical (unpaired) electrons. The zero-order valence-corrected chi connectivity index (χ0v) is 11.0. The van der Waals surface area contributed by atoms with Gasteiger partial charge in [0.15, 0.2) is 0 Å². The van der Waals surface area contributed by atoms with Crippen LogP contribution in [0.5, 0.6) is 0 Å². The van der Waals surface area contributed by atoms with Crippen LogP contribution in [0, 0.1) is 5.92 Å². The molecule has 1 rings (SSSR count). The maximum atomic E-state index is 11.4. The lowest BCUT2D eigenvalue weighted by molar-refractivity contribution is 0.439. The van der Waals surface area contributed by atoms with Gasteiger partial charge in [-0.2, -0.15) is 0 Å². The summed E-state index contributed by atoms with van der Waals surface area (Å²) in [5.74, 6) is 0.750. The third-order valence-corrected chi connectivity index (χ3v) is 2.81. The van der Waals surface area contributed by atoms with Gasteiger partial charge >= 0.3 is 0 Å². The third-order valence-electron chi connectivity index (χ3n) is 2.81. The molecule has 0 aliphatic rings. The molecular weight excluding hydrogens is 214 g/mol. The van der Waals surface area contributed by atoms with E-state index in [1.807, 2.05) is 0 Å². The topological polar surface area (TPSA) is 46.9 Å². The number of hydrogen-bond acceptors (Lipinski definition) is 3. The van der Waals surface area contributed by atoms with E-state index in [0.29, 0.717) is 12.6 Å². The summed E-state index contributed by atoms with van der Waals surface area (Å²) in [6.07, 6.45) is 5.53. The first-order chi connectivity index (χ1) is 8.09. The molecule has 96 valence electrons. The van der Waals surface area contributed by atoms with Crippen LogP contribution in [0.1, 0.15) is 33.6 Å². The van der Waals surface area contributed by atoms with Crippen molar-refractivity contribution in [3.05, 3.63) is 28.9 Å². The highest BCUT2D eigenvalue weighted by atomic mass is 16.1. The molecule has 0 saturated heterocycles. The molecule has 1 N–H and O–H groups in total. The Balaban J connectivity index is 2.24. The summed E-state index contributed by atoms with van der Waals surface area (Å²) in [4.78, 5) is 15.3. The van der Waals surface area contributed by atoms with Crippen LogP contribution in [-0.2, 0) is 6.54 Å². The van der Waals surface area contributed by atoms with E-state index in [0.717, 1.165) is 12.5 Å². The van der Waals surface area contributed by atoms with Gasteiger partial charge < -0.3 is 5.32 Å².